The number of methoxy groups -OCH3 is 1. The Balaban J connectivity index is 0.793. The standard InChI is InChI=1S/C111H118O22S/c1-114-95(113)78-134-111-107(126-74-90-60-36-13-37-61-90)103(122-70-86-52-28-9-29-53-86)99(118-66-82-44-20-5-21-45-82)94(133-111)77-129-110-106(125-73-89-58-34-12-35-59-89)102(121-69-85-50-26-8-27-51-85)98(117-65-81-42-18-4-19-43-81)93(132-110)76-128-109-105(124-72-88-56-32-11-33-57-88)101(120-68-84-48-24-7-25-49-84)97(116-64-80-40-16-3-17-41-80)92(131-109)75-127-108-104(123-71-87-54-30-10-31-55-87)100(119-67-83-46-22-6-23-47-83)96(91(62-112)130-108)115-63-79-38-14-2-15-39-79/h2-61,91-94,96-112H,62-78H2,1H3/t91-,92-,93-,94-,96-,97-,98-,99-,100+,101+,102+,103+,104-,105-,106-,107-,108+,109+,110+,111-/m1/s1. The largest absolute Gasteiger partial charge is 0.468 e. The van der Waals surface area contributed by atoms with Gasteiger partial charge in [-0.25, -0.2) is 0 Å². The third kappa shape index (κ3) is 28.4. The Morgan fingerprint density at radius 1 is 0.224 bits per heavy atom. The quantitative estimate of drug-likeness (QED) is 0.0350. The van der Waals surface area contributed by atoms with Crippen LogP contribution in [0.4, 0.5) is 0 Å². The minimum Gasteiger partial charge on any atom is -0.468 e. The zero-order chi connectivity index (χ0) is 91.3. The number of hydrogen-bond donors (Lipinski definition) is 1. The molecule has 0 spiro atoms. The van der Waals surface area contributed by atoms with Gasteiger partial charge in [-0.1, -0.05) is 364 Å². The van der Waals surface area contributed by atoms with Gasteiger partial charge >= 0.3 is 5.97 Å². The highest BCUT2D eigenvalue weighted by molar-refractivity contribution is 8.00. The Bertz CT molecular complexity index is 5250. The van der Waals surface area contributed by atoms with Crippen molar-refractivity contribution in [2.24, 2.45) is 0 Å². The van der Waals surface area contributed by atoms with E-state index in [1.807, 2.05) is 364 Å². The molecule has 700 valence electrons. The first-order valence-electron chi connectivity index (χ1n) is 45.9. The molecule has 0 unspecified atom stereocenters. The van der Waals surface area contributed by atoms with E-state index in [0.29, 0.717) is 0 Å². The number of carbonyl (C=O) groups is 1. The SMILES string of the molecule is COC(=O)CS[C@H]1O[C@H](CO[C@H]2O[C@H](CO[C@H]3O[C@H](CO[C@H]4O[C@H](CO)[C@@H](OCc5ccccc5)[C@H](OCc5ccccc5)[C@H]4OCc4ccccc4)[C@@H](OCc4ccccc4)[C@H](OCc4ccccc4)[C@H]3OCc3ccccc3)[C@@H](OCc3ccccc3)[C@H](OCc3ccccc3)[C@H]2OCc2ccccc2)[C@@H](OCc2ccccc2)[C@H](OCc2ccccc2)[C@H]1OCc1ccccc1. The summed E-state index contributed by atoms with van der Waals surface area (Å²) in [7, 11) is 1.36. The summed E-state index contributed by atoms with van der Waals surface area (Å²) in [4.78, 5) is 13.5. The lowest BCUT2D eigenvalue weighted by Gasteiger charge is -2.49. The molecule has 22 nitrogen and oxygen atoms in total. The molecule has 4 fully saturated rings. The first kappa shape index (κ1) is 96.8. The molecule has 0 bridgehead atoms. The van der Waals surface area contributed by atoms with Crippen LogP contribution in [0.15, 0.2) is 364 Å². The van der Waals surface area contributed by atoms with Crippen LogP contribution in [-0.4, -0.2) is 172 Å². The number of rotatable bonds is 49. The molecule has 4 aliphatic rings. The van der Waals surface area contributed by atoms with Crippen molar-refractivity contribution in [1.29, 1.82) is 0 Å². The van der Waals surface area contributed by atoms with Crippen LogP contribution in [0.25, 0.3) is 0 Å². The second-order valence-corrected chi connectivity index (χ2v) is 34.5. The summed E-state index contributed by atoms with van der Waals surface area (Å²) in [6.07, 6.45) is -19.7. The Morgan fingerprint density at radius 3 is 0.604 bits per heavy atom. The van der Waals surface area contributed by atoms with Crippen LogP contribution in [-0.2, 0) is 179 Å². The lowest BCUT2D eigenvalue weighted by molar-refractivity contribution is -0.364. The Morgan fingerprint density at radius 2 is 0.396 bits per heavy atom. The number of ether oxygens (including phenoxy) is 20. The molecule has 4 saturated heterocycles. The van der Waals surface area contributed by atoms with E-state index in [9.17, 15) is 9.90 Å². The van der Waals surface area contributed by atoms with E-state index in [2.05, 4.69) is 0 Å². The van der Waals surface area contributed by atoms with Crippen molar-refractivity contribution in [2.45, 2.75) is 201 Å². The van der Waals surface area contributed by atoms with Crippen molar-refractivity contribution in [3.05, 3.63) is 431 Å². The van der Waals surface area contributed by atoms with E-state index < -0.39 is 135 Å². The first-order chi connectivity index (χ1) is 66.3. The molecule has 134 heavy (non-hydrogen) atoms. The van der Waals surface area contributed by atoms with Gasteiger partial charge in [-0.05, 0) is 66.8 Å². The third-order valence-corrected chi connectivity index (χ3v) is 24.9. The Hall–Kier alpha value is -10.3. The minimum absolute atomic E-state index is 0.0805. The predicted octanol–water partition coefficient (Wildman–Crippen LogP) is 17.9. The van der Waals surface area contributed by atoms with Gasteiger partial charge < -0.3 is 99.8 Å². The third-order valence-electron chi connectivity index (χ3n) is 23.8. The fourth-order valence-electron chi connectivity index (χ4n) is 16.8. The van der Waals surface area contributed by atoms with Crippen LogP contribution in [0.5, 0.6) is 0 Å². The van der Waals surface area contributed by atoms with Crippen molar-refractivity contribution in [3.63, 3.8) is 0 Å². The molecule has 4 aliphatic heterocycles. The highest BCUT2D eigenvalue weighted by atomic mass is 32.2. The van der Waals surface area contributed by atoms with E-state index >= 15 is 0 Å². The second kappa shape index (κ2) is 52.1. The minimum atomic E-state index is -1.35. The summed E-state index contributed by atoms with van der Waals surface area (Å²) in [5.74, 6) is -0.551. The summed E-state index contributed by atoms with van der Waals surface area (Å²) < 4.78 is 144. The zero-order valence-electron chi connectivity index (χ0n) is 75.1. The van der Waals surface area contributed by atoms with Crippen LogP contribution in [0.2, 0.25) is 0 Å². The molecular formula is C111H118O22S. The van der Waals surface area contributed by atoms with E-state index in [1.54, 1.807) is 0 Å². The van der Waals surface area contributed by atoms with E-state index in [-0.39, 0.29) is 105 Å². The fourth-order valence-corrected chi connectivity index (χ4v) is 17.9. The van der Waals surface area contributed by atoms with Gasteiger partial charge in [0.05, 0.1) is 119 Å². The van der Waals surface area contributed by atoms with Gasteiger partial charge in [0.15, 0.2) is 18.9 Å². The molecule has 23 heteroatoms. The van der Waals surface area contributed by atoms with Crippen molar-refractivity contribution in [1.82, 2.24) is 0 Å². The summed E-state index contributed by atoms with van der Waals surface area (Å²) in [6.45, 7) is 0.293. The molecule has 0 saturated carbocycles. The Labute approximate surface area is 789 Å². The number of carbonyl (C=O) groups excluding carboxylic acids is 1. The normalized spacial score (nSPS) is 25.2. The molecule has 0 aliphatic carbocycles. The highest BCUT2D eigenvalue weighted by Crippen LogP contribution is 2.41. The van der Waals surface area contributed by atoms with E-state index in [0.717, 1.165) is 66.8 Å². The molecule has 0 radical (unpaired) electrons. The van der Waals surface area contributed by atoms with E-state index in [4.69, 9.17) is 94.7 Å². The number of hydrogen-bond acceptors (Lipinski definition) is 23. The molecule has 16 rings (SSSR count). The second-order valence-electron chi connectivity index (χ2n) is 33.4. The molecule has 4 heterocycles. The maximum Gasteiger partial charge on any atom is 0.315 e. The number of esters is 1. The molecule has 1 N–H and O–H groups in total. The van der Waals surface area contributed by atoms with Crippen LogP contribution < -0.4 is 0 Å². The molecule has 12 aromatic rings. The van der Waals surface area contributed by atoms with Gasteiger partial charge in [0.25, 0.3) is 0 Å². The molecule has 12 aromatic carbocycles. The lowest BCUT2D eigenvalue weighted by Crippen LogP contribution is -2.65. The monoisotopic (exact) mass is 1830 g/mol. The first-order valence-corrected chi connectivity index (χ1v) is 46.9. The van der Waals surface area contributed by atoms with Crippen molar-refractivity contribution >= 4 is 17.7 Å². The molecule has 0 aromatic heterocycles. The maximum atomic E-state index is 13.5. The summed E-state index contributed by atoms with van der Waals surface area (Å²) >= 11 is 1.24. The summed E-state index contributed by atoms with van der Waals surface area (Å²) in [5, 5.41) is 11.7. The zero-order valence-corrected chi connectivity index (χ0v) is 76.0. The van der Waals surface area contributed by atoms with Gasteiger partial charge in [-0.3, -0.25) is 4.79 Å². The fraction of sp³-hybridized carbons (Fsp3) is 0.342. The average Bonchev–Trinajstić information content (AvgIpc) is 0.780. The van der Waals surface area contributed by atoms with Crippen LogP contribution >= 0.6 is 11.8 Å². The highest BCUT2D eigenvalue weighted by Gasteiger charge is 2.56. The number of aliphatic hydroxyl groups excluding tert-OH is 1. The van der Waals surface area contributed by atoms with Gasteiger partial charge in [0, 0.05) is 0 Å². The van der Waals surface area contributed by atoms with Crippen molar-refractivity contribution in [3.8, 4) is 0 Å². The average molecular weight is 1840 g/mol. The predicted molar refractivity (Wildman–Crippen MR) is 504 cm³/mol. The van der Waals surface area contributed by atoms with Gasteiger partial charge in [-0.15, -0.1) is 11.8 Å². The van der Waals surface area contributed by atoms with Crippen LogP contribution in [0.3, 0.4) is 0 Å². The molecule has 0 amide bonds. The van der Waals surface area contributed by atoms with Crippen molar-refractivity contribution < 1.29 is 105 Å². The number of benzene rings is 12. The summed E-state index contributed by atoms with van der Waals surface area (Å²) in [6, 6.07) is 119. The Kier molecular flexibility index (Phi) is 37.6. The van der Waals surface area contributed by atoms with Gasteiger partial charge in [-0.2, -0.15) is 0 Å². The van der Waals surface area contributed by atoms with Gasteiger partial charge in [0.2, 0.25) is 0 Å². The molecular weight excluding hydrogens is 1720 g/mol. The van der Waals surface area contributed by atoms with E-state index in [1.165, 1.54) is 18.9 Å². The smallest absolute Gasteiger partial charge is 0.315 e. The number of thioether (sulfide) groups is 1. The summed E-state index contributed by atoms with van der Waals surface area (Å²) in [5.41, 5.74) is 9.78. The maximum absolute atomic E-state index is 13.5. The number of aliphatic hydroxyl groups is 1. The lowest BCUT2D eigenvalue weighted by atomic mass is 9.96. The van der Waals surface area contributed by atoms with Gasteiger partial charge in [0.1, 0.15) is 103 Å². The molecule has 20 atom stereocenters. The van der Waals surface area contributed by atoms with Crippen LogP contribution in [0, 0.1) is 0 Å². The van der Waals surface area contributed by atoms with Crippen molar-refractivity contribution in [2.75, 3.05) is 39.3 Å². The topological polar surface area (TPSA) is 222 Å². The van der Waals surface area contributed by atoms with Crippen LogP contribution in [0.1, 0.15) is 66.8 Å².